The van der Waals surface area contributed by atoms with Crippen molar-refractivity contribution in [1.82, 2.24) is 19.1 Å². The van der Waals surface area contributed by atoms with Crippen molar-refractivity contribution in [2.75, 3.05) is 26.4 Å². The summed E-state index contributed by atoms with van der Waals surface area (Å²) >= 11 is 0. The van der Waals surface area contributed by atoms with Crippen LogP contribution in [-0.4, -0.2) is 84.1 Å². The summed E-state index contributed by atoms with van der Waals surface area (Å²) in [7, 11) is -8.98. The molecule has 2 aromatic heterocycles. The molecule has 0 bridgehead atoms. The van der Waals surface area contributed by atoms with Gasteiger partial charge in [0.05, 0.1) is 32.5 Å². The molecule has 4 aromatic carbocycles. The maximum atomic E-state index is 13.6. The highest BCUT2D eigenvalue weighted by Gasteiger charge is 2.34. The van der Waals surface area contributed by atoms with E-state index in [-0.39, 0.29) is 90.9 Å². The summed E-state index contributed by atoms with van der Waals surface area (Å²) in [5, 5.41) is 21.0. The largest absolute Gasteiger partial charge is 0.383 e. The van der Waals surface area contributed by atoms with E-state index in [0.29, 0.717) is 22.3 Å². The number of carbonyl (C=O) groups is 2. The number of aliphatic hydroxyl groups excluding tert-OH is 2. The number of rotatable bonds is 14. The first kappa shape index (κ1) is 52.7. The van der Waals surface area contributed by atoms with Gasteiger partial charge in [-0.2, -0.15) is 16.8 Å². The zero-order valence-electron chi connectivity index (χ0n) is 39.0. The highest BCUT2D eigenvalue weighted by molar-refractivity contribution is 7.87. The Morgan fingerprint density at radius 1 is 0.681 bits per heavy atom. The normalized spacial score (nSPS) is 16.8. The van der Waals surface area contributed by atoms with Crippen molar-refractivity contribution in [2.45, 2.75) is 74.5 Å². The number of halogens is 2. The predicted octanol–water partition coefficient (Wildman–Crippen LogP) is 5.71. The Morgan fingerprint density at radius 3 is 1.61 bits per heavy atom. The topological polar surface area (TPSA) is 250 Å². The standard InChI is InChI=1S/C25H25FN2O7S.C25H23FN2O7S/c2*1-15-12-17(8-10-19(15)26)9-11-20(29)22-23(35-36(32,33)18-6-4-3-5-7-18)25(31)28-16(2)13-34-14-21(30)24(28)27-22/h3-8,10,12,16,21,30H,9,11,13-14H2,1-2H3;3-8,10,12,21,30H,2,9,11,13-14H2,1H3/t16-,21?;/m0./s1. The van der Waals surface area contributed by atoms with Gasteiger partial charge in [-0.3, -0.25) is 28.3 Å². The smallest absolute Gasteiger partial charge is 0.339 e. The second kappa shape index (κ2) is 22.1. The van der Waals surface area contributed by atoms with E-state index in [9.17, 15) is 55.0 Å². The van der Waals surface area contributed by atoms with Gasteiger partial charge in [0.25, 0.3) is 5.56 Å². The summed E-state index contributed by atoms with van der Waals surface area (Å²) in [5.41, 5.74) is -0.743. The molecule has 72 heavy (non-hydrogen) atoms. The molecule has 4 heterocycles. The van der Waals surface area contributed by atoms with Gasteiger partial charge < -0.3 is 28.1 Å². The Labute approximate surface area is 412 Å². The van der Waals surface area contributed by atoms with Gasteiger partial charge in [-0.15, -0.1) is 0 Å². The first-order valence-corrected chi connectivity index (χ1v) is 25.1. The van der Waals surface area contributed by atoms with E-state index in [1.165, 1.54) is 72.8 Å². The lowest BCUT2D eigenvalue weighted by Gasteiger charge is -2.19. The van der Waals surface area contributed by atoms with Gasteiger partial charge in [-0.05, 0) is 92.3 Å². The average molecular weight is 1030 g/mol. The van der Waals surface area contributed by atoms with Gasteiger partial charge in [-0.1, -0.05) is 67.2 Å². The van der Waals surface area contributed by atoms with Crippen molar-refractivity contribution in [1.29, 1.82) is 0 Å². The third-order valence-electron chi connectivity index (χ3n) is 11.4. The van der Waals surface area contributed by atoms with Crippen LogP contribution in [0.5, 0.6) is 11.5 Å². The van der Waals surface area contributed by atoms with E-state index in [1.54, 1.807) is 45.0 Å². The lowest BCUT2D eigenvalue weighted by molar-refractivity contribution is 0.0384. The lowest BCUT2D eigenvalue weighted by atomic mass is 10.0. The Morgan fingerprint density at radius 2 is 1.12 bits per heavy atom. The number of Topliss-reactive ketones (excluding diaryl/α,β-unsaturated/α-hetero) is 2. The minimum atomic E-state index is -4.51. The second-order valence-electron chi connectivity index (χ2n) is 16.8. The molecule has 3 atom stereocenters. The quantitative estimate of drug-likeness (QED) is 0.0980. The van der Waals surface area contributed by atoms with Crippen molar-refractivity contribution in [3.05, 3.63) is 181 Å². The molecule has 0 spiro atoms. The number of benzene rings is 4. The average Bonchev–Trinajstić information content (AvgIpc) is 3.59. The molecular weight excluding hydrogens is 983 g/mol. The summed E-state index contributed by atoms with van der Waals surface area (Å²) in [6.07, 6.45) is -2.67. The third kappa shape index (κ3) is 11.8. The fourth-order valence-electron chi connectivity index (χ4n) is 7.67. The maximum absolute atomic E-state index is 13.6. The van der Waals surface area contributed by atoms with Gasteiger partial charge in [0.1, 0.15) is 45.3 Å². The molecule has 2 unspecified atom stereocenters. The monoisotopic (exact) mass is 1030 g/mol. The highest BCUT2D eigenvalue weighted by Crippen LogP contribution is 2.29. The number of aromatic nitrogens is 4. The van der Waals surface area contributed by atoms with Gasteiger partial charge in [0.2, 0.25) is 11.5 Å². The van der Waals surface area contributed by atoms with Crippen molar-refractivity contribution in [3.8, 4) is 11.5 Å². The number of nitrogens with zero attached hydrogens (tertiary/aromatic N) is 4. The molecule has 0 saturated carbocycles. The van der Waals surface area contributed by atoms with Gasteiger partial charge in [0, 0.05) is 18.5 Å². The third-order valence-corrected chi connectivity index (χ3v) is 13.9. The van der Waals surface area contributed by atoms with Crippen LogP contribution < -0.4 is 19.5 Å². The fourth-order valence-corrected chi connectivity index (χ4v) is 9.58. The van der Waals surface area contributed by atoms with E-state index < -0.39 is 84.1 Å². The molecular formula is C50H48F2N4O14S2. The number of hydrogen-bond donors (Lipinski definition) is 2. The molecule has 22 heteroatoms. The van der Waals surface area contributed by atoms with Gasteiger partial charge >= 0.3 is 25.8 Å². The fraction of sp³-hybridized carbons (Fsp3) is 0.280. The van der Waals surface area contributed by atoms with Crippen LogP contribution in [0.15, 0.2) is 123 Å². The molecule has 2 N–H and O–H groups in total. The molecule has 18 nitrogen and oxygen atoms in total. The van der Waals surface area contributed by atoms with E-state index >= 15 is 0 Å². The van der Waals surface area contributed by atoms with E-state index in [4.69, 9.17) is 17.8 Å². The van der Waals surface area contributed by atoms with Crippen molar-refractivity contribution < 1.29 is 63.3 Å². The van der Waals surface area contributed by atoms with Crippen LogP contribution in [0.1, 0.15) is 92.9 Å². The van der Waals surface area contributed by atoms with Gasteiger partial charge in [0.15, 0.2) is 23.0 Å². The van der Waals surface area contributed by atoms with E-state index in [2.05, 4.69) is 16.5 Å². The highest BCUT2D eigenvalue weighted by atomic mass is 32.2. The SMILES string of the molecule is C=C1COCC(O)c2nc(C(=O)CCc3ccc(F)c(C)c3)c(OS(=O)(=O)c3ccccc3)c(=O)n21.Cc1cc(CCC(=O)c2nc3n(c(=O)c2OS(=O)(=O)c2ccccc2)[C@@H](C)COCC3O)ccc1F. The first-order chi connectivity index (χ1) is 34.2. The molecule has 8 rings (SSSR count). The number of carbonyl (C=O) groups excluding carboxylic acids is 2. The first-order valence-electron chi connectivity index (χ1n) is 22.3. The Kier molecular flexibility index (Phi) is 16.2. The van der Waals surface area contributed by atoms with Crippen LogP contribution >= 0.6 is 0 Å². The summed E-state index contributed by atoms with van der Waals surface area (Å²) in [6.45, 7) is 8.13. The number of aliphatic hydroxyl groups is 2. The van der Waals surface area contributed by atoms with Gasteiger partial charge in [-0.25, -0.2) is 18.7 Å². The van der Waals surface area contributed by atoms with Crippen LogP contribution in [0.4, 0.5) is 8.78 Å². The number of hydrogen-bond acceptors (Lipinski definition) is 16. The van der Waals surface area contributed by atoms with Crippen LogP contribution in [0.25, 0.3) is 5.70 Å². The summed E-state index contributed by atoms with van der Waals surface area (Å²) < 4.78 is 102. The van der Waals surface area contributed by atoms with Crippen molar-refractivity contribution in [3.63, 3.8) is 0 Å². The van der Waals surface area contributed by atoms with Crippen LogP contribution in [0.2, 0.25) is 0 Å². The molecule has 0 saturated heterocycles. The molecule has 0 radical (unpaired) electrons. The Bertz CT molecular complexity index is 3410. The lowest BCUT2D eigenvalue weighted by Crippen LogP contribution is -2.33. The molecule has 0 fully saturated rings. The molecule has 2 aliphatic rings. The van der Waals surface area contributed by atoms with Crippen LogP contribution in [0.3, 0.4) is 0 Å². The minimum Gasteiger partial charge on any atom is -0.383 e. The number of ketones is 2. The number of fused-ring (bicyclic) bond motifs is 2. The van der Waals surface area contributed by atoms with E-state index in [0.717, 1.165) is 9.13 Å². The molecule has 0 aliphatic carbocycles. The Balaban J connectivity index is 0.000000211. The Hall–Kier alpha value is -7.08. The zero-order valence-corrected chi connectivity index (χ0v) is 40.6. The van der Waals surface area contributed by atoms with Crippen LogP contribution in [-0.2, 0) is 42.6 Å². The second-order valence-corrected chi connectivity index (χ2v) is 19.9. The maximum Gasteiger partial charge on any atom is 0.339 e. The summed E-state index contributed by atoms with van der Waals surface area (Å²) in [6, 6.07) is 22.5. The summed E-state index contributed by atoms with van der Waals surface area (Å²) in [5.74, 6) is -4.01. The minimum absolute atomic E-state index is 0.0632. The van der Waals surface area contributed by atoms with E-state index in [1.807, 2.05) is 0 Å². The zero-order chi connectivity index (χ0) is 52.1. The number of aryl methyl sites for hydroxylation is 4. The molecule has 6 aromatic rings. The predicted molar refractivity (Wildman–Crippen MR) is 255 cm³/mol. The van der Waals surface area contributed by atoms with Crippen LogP contribution in [0, 0.1) is 25.5 Å². The van der Waals surface area contributed by atoms with Crippen molar-refractivity contribution >= 4 is 37.5 Å². The van der Waals surface area contributed by atoms with Crippen molar-refractivity contribution in [2.24, 2.45) is 0 Å². The number of ether oxygens (including phenoxy) is 2. The summed E-state index contributed by atoms with van der Waals surface area (Å²) in [4.78, 5) is 61.3. The molecule has 2 aliphatic heterocycles. The molecule has 378 valence electrons. The molecule has 0 amide bonds.